The number of nitrogens with one attached hydrogen (secondary N) is 1. The summed E-state index contributed by atoms with van der Waals surface area (Å²) in [4.78, 5) is -0.533. The second-order valence-corrected chi connectivity index (χ2v) is 6.85. The summed E-state index contributed by atoms with van der Waals surface area (Å²) in [6.07, 6.45) is 0.0379. The Morgan fingerprint density at radius 2 is 1.91 bits per heavy atom. The topological polar surface area (TPSA) is 81.4 Å². The van der Waals surface area contributed by atoms with Crippen molar-refractivity contribution in [2.24, 2.45) is 5.14 Å². The molecule has 23 heavy (non-hydrogen) atoms. The van der Waals surface area contributed by atoms with E-state index in [0.717, 1.165) is 17.4 Å². The summed E-state index contributed by atoms with van der Waals surface area (Å²) >= 11 is 0. The summed E-state index contributed by atoms with van der Waals surface area (Å²) in [5.74, 6) is -0.134. The first-order valence-electron chi connectivity index (χ1n) is 7.08. The Hall–Kier alpha value is -2.12. The van der Waals surface area contributed by atoms with E-state index in [4.69, 9.17) is 9.88 Å². The summed E-state index contributed by atoms with van der Waals surface area (Å²) in [6, 6.07) is 11.2. The van der Waals surface area contributed by atoms with Crippen LogP contribution in [0.1, 0.15) is 19.4 Å². The van der Waals surface area contributed by atoms with Gasteiger partial charge < -0.3 is 10.1 Å². The molecule has 0 aliphatic rings. The van der Waals surface area contributed by atoms with Crippen molar-refractivity contribution < 1.29 is 17.5 Å². The fourth-order valence-corrected chi connectivity index (χ4v) is 2.68. The zero-order valence-electron chi connectivity index (χ0n) is 12.9. The first-order chi connectivity index (χ1) is 10.8. The zero-order chi connectivity index (χ0) is 17.0. The molecule has 0 heterocycles. The molecule has 5 nitrogen and oxygen atoms in total. The number of anilines is 1. The quantitative estimate of drug-likeness (QED) is 0.848. The van der Waals surface area contributed by atoms with Crippen LogP contribution in [0, 0.1) is 5.82 Å². The molecule has 0 aromatic heterocycles. The van der Waals surface area contributed by atoms with E-state index in [-0.39, 0.29) is 6.10 Å². The number of hydrogen-bond acceptors (Lipinski definition) is 4. The van der Waals surface area contributed by atoms with Gasteiger partial charge in [0.25, 0.3) is 0 Å². The van der Waals surface area contributed by atoms with E-state index in [1.165, 1.54) is 12.1 Å². The van der Waals surface area contributed by atoms with Gasteiger partial charge in [0.15, 0.2) is 0 Å². The van der Waals surface area contributed by atoms with Crippen molar-refractivity contribution in [3.05, 3.63) is 53.8 Å². The first kappa shape index (κ1) is 17.2. The Bertz CT molecular complexity index is 792. The van der Waals surface area contributed by atoms with Gasteiger partial charge in [0.1, 0.15) is 16.5 Å². The van der Waals surface area contributed by atoms with Gasteiger partial charge in [0, 0.05) is 17.8 Å². The number of benzene rings is 2. The summed E-state index contributed by atoms with van der Waals surface area (Å²) in [5, 5.41) is 8.04. The van der Waals surface area contributed by atoms with Gasteiger partial charge in [-0.05, 0) is 38.1 Å². The predicted molar refractivity (Wildman–Crippen MR) is 87.3 cm³/mol. The molecule has 124 valence electrons. The SMILES string of the molecule is CC(C)Oc1ccccc1CNc1ccc(F)c(S(N)(=O)=O)c1. The highest BCUT2D eigenvalue weighted by atomic mass is 32.2. The molecule has 2 aromatic rings. The molecule has 0 amide bonds. The van der Waals surface area contributed by atoms with Crippen LogP contribution in [0.3, 0.4) is 0 Å². The highest BCUT2D eigenvalue weighted by Gasteiger charge is 2.15. The number of rotatable bonds is 6. The van der Waals surface area contributed by atoms with Crippen molar-refractivity contribution in [1.82, 2.24) is 0 Å². The van der Waals surface area contributed by atoms with E-state index in [9.17, 15) is 12.8 Å². The van der Waals surface area contributed by atoms with Crippen LogP contribution in [0.15, 0.2) is 47.4 Å². The summed E-state index contributed by atoms with van der Waals surface area (Å²) < 4.78 is 41.9. The zero-order valence-corrected chi connectivity index (χ0v) is 13.7. The van der Waals surface area contributed by atoms with Crippen LogP contribution in [0.5, 0.6) is 5.75 Å². The maximum absolute atomic E-state index is 13.5. The van der Waals surface area contributed by atoms with E-state index in [0.29, 0.717) is 12.2 Å². The van der Waals surface area contributed by atoms with Crippen molar-refractivity contribution >= 4 is 15.7 Å². The highest BCUT2D eigenvalue weighted by molar-refractivity contribution is 7.89. The van der Waals surface area contributed by atoms with Crippen molar-refractivity contribution in [1.29, 1.82) is 0 Å². The maximum atomic E-state index is 13.5. The molecule has 0 aliphatic carbocycles. The Labute approximate surface area is 135 Å². The van der Waals surface area contributed by atoms with Gasteiger partial charge in [-0.25, -0.2) is 17.9 Å². The molecule has 3 N–H and O–H groups in total. The fraction of sp³-hybridized carbons (Fsp3) is 0.250. The minimum atomic E-state index is -4.10. The molecule has 2 aromatic carbocycles. The van der Waals surface area contributed by atoms with E-state index < -0.39 is 20.7 Å². The van der Waals surface area contributed by atoms with Crippen LogP contribution in [0.4, 0.5) is 10.1 Å². The normalized spacial score (nSPS) is 11.5. The molecule has 0 spiro atoms. The lowest BCUT2D eigenvalue weighted by Gasteiger charge is -2.15. The van der Waals surface area contributed by atoms with Gasteiger partial charge in [0.2, 0.25) is 10.0 Å². The summed E-state index contributed by atoms with van der Waals surface area (Å²) in [5.41, 5.74) is 1.36. The lowest BCUT2D eigenvalue weighted by molar-refractivity contribution is 0.240. The molecular weight excluding hydrogens is 319 g/mol. The van der Waals surface area contributed by atoms with Crippen LogP contribution in [0.2, 0.25) is 0 Å². The minimum Gasteiger partial charge on any atom is -0.491 e. The van der Waals surface area contributed by atoms with Gasteiger partial charge in [0.05, 0.1) is 6.10 Å². The standard InChI is InChI=1S/C16H19FN2O3S/c1-11(2)22-15-6-4-3-5-12(15)10-19-13-7-8-14(17)16(9-13)23(18,20)21/h3-9,11,19H,10H2,1-2H3,(H2,18,20,21). The van der Waals surface area contributed by atoms with E-state index in [1.807, 2.05) is 38.1 Å². The number of halogens is 1. The third-order valence-electron chi connectivity index (χ3n) is 3.06. The van der Waals surface area contributed by atoms with Crippen molar-refractivity contribution in [2.45, 2.75) is 31.4 Å². The average Bonchev–Trinajstić information content (AvgIpc) is 2.46. The number of hydrogen-bond donors (Lipinski definition) is 2. The number of ether oxygens (including phenoxy) is 1. The van der Waals surface area contributed by atoms with Crippen LogP contribution in [-0.4, -0.2) is 14.5 Å². The number of nitrogens with two attached hydrogens (primary N) is 1. The smallest absolute Gasteiger partial charge is 0.241 e. The number of sulfonamides is 1. The van der Waals surface area contributed by atoms with Gasteiger partial charge in [-0.3, -0.25) is 0 Å². The lowest BCUT2D eigenvalue weighted by Crippen LogP contribution is -2.14. The first-order valence-corrected chi connectivity index (χ1v) is 8.63. The third kappa shape index (κ3) is 4.67. The monoisotopic (exact) mass is 338 g/mol. The molecule has 0 saturated carbocycles. The van der Waals surface area contributed by atoms with Crippen molar-refractivity contribution in [3.63, 3.8) is 0 Å². The van der Waals surface area contributed by atoms with Gasteiger partial charge in [-0.15, -0.1) is 0 Å². The summed E-state index contributed by atoms with van der Waals surface area (Å²) in [6.45, 7) is 4.27. The molecule has 7 heteroatoms. The molecule has 0 radical (unpaired) electrons. The number of para-hydroxylation sites is 1. The second kappa shape index (κ2) is 6.97. The van der Waals surface area contributed by atoms with Crippen LogP contribution >= 0.6 is 0 Å². The van der Waals surface area contributed by atoms with Crippen LogP contribution in [0.25, 0.3) is 0 Å². The van der Waals surface area contributed by atoms with Crippen LogP contribution < -0.4 is 15.2 Å². The summed E-state index contributed by atoms with van der Waals surface area (Å²) in [7, 11) is -4.10. The number of primary sulfonamides is 1. The van der Waals surface area contributed by atoms with Gasteiger partial charge in [-0.1, -0.05) is 18.2 Å². The molecule has 0 saturated heterocycles. The molecule has 0 unspecified atom stereocenters. The average molecular weight is 338 g/mol. The lowest BCUT2D eigenvalue weighted by atomic mass is 10.2. The second-order valence-electron chi connectivity index (χ2n) is 5.32. The molecule has 0 fully saturated rings. The molecular formula is C16H19FN2O3S. The van der Waals surface area contributed by atoms with Gasteiger partial charge >= 0.3 is 0 Å². The Balaban J connectivity index is 2.19. The van der Waals surface area contributed by atoms with Crippen molar-refractivity contribution in [3.8, 4) is 5.75 Å². The maximum Gasteiger partial charge on any atom is 0.241 e. The van der Waals surface area contributed by atoms with E-state index in [2.05, 4.69) is 5.32 Å². The Morgan fingerprint density at radius 3 is 2.57 bits per heavy atom. The fourth-order valence-electron chi connectivity index (χ4n) is 2.05. The van der Waals surface area contributed by atoms with Crippen LogP contribution in [-0.2, 0) is 16.6 Å². The largest absolute Gasteiger partial charge is 0.491 e. The molecule has 0 aliphatic heterocycles. The van der Waals surface area contributed by atoms with E-state index >= 15 is 0 Å². The molecule has 0 atom stereocenters. The Morgan fingerprint density at radius 1 is 1.22 bits per heavy atom. The minimum absolute atomic E-state index is 0.0379. The Kier molecular flexibility index (Phi) is 5.23. The van der Waals surface area contributed by atoms with Crippen molar-refractivity contribution in [2.75, 3.05) is 5.32 Å². The highest BCUT2D eigenvalue weighted by Crippen LogP contribution is 2.22. The van der Waals surface area contributed by atoms with E-state index in [1.54, 1.807) is 0 Å². The third-order valence-corrected chi connectivity index (χ3v) is 3.98. The molecule has 0 bridgehead atoms. The molecule has 2 rings (SSSR count). The van der Waals surface area contributed by atoms with Gasteiger partial charge in [-0.2, -0.15) is 0 Å². The predicted octanol–water partition coefficient (Wildman–Crippen LogP) is 2.87.